The van der Waals surface area contributed by atoms with Gasteiger partial charge in [0.25, 0.3) is 0 Å². The average molecular weight is 384 g/mol. The molecule has 0 radical (unpaired) electrons. The van der Waals surface area contributed by atoms with Gasteiger partial charge >= 0.3 is 0 Å². The summed E-state index contributed by atoms with van der Waals surface area (Å²) in [5, 5.41) is 0. The van der Waals surface area contributed by atoms with Crippen LogP contribution in [0.3, 0.4) is 0 Å². The molecule has 3 heterocycles. The predicted octanol–water partition coefficient (Wildman–Crippen LogP) is 3.55. The van der Waals surface area contributed by atoms with E-state index in [4.69, 9.17) is 4.74 Å². The number of hydrogen-bond acceptors (Lipinski definition) is 3. The van der Waals surface area contributed by atoms with Gasteiger partial charge in [-0.25, -0.2) is 8.78 Å². The number of rotatable bonds is 3. The van der Waals surface area contributed by atoms with E-state index in [2.05, 4.69) is 4.90 Å². The van der Waals surface area contributed by atoms with E-state index in [-0.39, 0.29) is 24.5 Å². The van der Waals surface area contributed by atoms with Gasteiger partial charge in [-0.1, -0.05) is 42.5 Å². The van der Waals surface area contributed by atoms with Crippen LogP contribution in [0.5, 0.6) is 0 Å². The fourth-order valence-electron chi connectivity index (χ4n) is 5.07. The zero-order valence-electron chi connectivity index (χ0n) is 15.7. The van der Waals surface area contributed by atoms with Crippen LogP contribution in [-0.4, -0.2) is 40.6 Å². The number of benzene rings is 2. The van der Waals surface area contributed by atoms with Crippen LogP contribution in [0.2, 0.25) is 0 Å². The molecule has 3 atom stereocenters. The summed E-state index contributed by atoms with van der Waals surface area (Å²) in [7, 11) is 0. The van der Waals surface area contributed by atoms with E-state index >= 15 is 0 Å². The van der Waals surface area contributed by atoms with Crippen LogP contribution in [0.4, 0.5) is 8.78 Å². The lowest BCUT2D eigenvalue weighted by Crippen LogP contribution is -2.48. The van der Waals surface area contributed by atoms with Gasteiger partial charge in [0.15, 0.2) is 17.4 Å². The van der Waals surface area contributed by atoms with Crippen LogP contribution in [0.25, 0.3) is 0 Å². The van der Waals surface area contributed by atoms with Gasteiger partial charge in [-0.05, 0) is 18.1 Å². The molecule has 0 aromatic heterocycles. The van der Waals surface area contributed by atoms with Crippen molar-refractivity contribution in [2.24, 2.45) is 0 Å². The number of ether oxygens (including phenoxy) is 1. The van der Waals surface area contributed by atoms with Crippen LogP contribution in [0, 0.1) is 18.6 Å². The fraction of sp³-hybridized carbons (Fsp3) is 0.409. The summed E-state index contributed by atoms with van der Waals surface area (Å²) in [5.41, 5.74) is 1.03. The van der Waals surface area contributed by atoms with Crippen LogP contribution in [0.15, 0.2) is 42.5 Å². The van der Waals surface area contributed by atoms with Crippen molar-refractivity contribution in [3.8, 4) is 0 Å². The number of amides is 1. The van der Waals surface area contributed by atoms with E-state index in [1.807, 2.05) is 35.2 Å². The van der Waals surface area contributed by atoms with Crippen molar-refractivity contribution in [2.45, 2.75) is 44.1 Å². The van der Waals surface area contributed by atoms with E-state index in [9.17, 15) is 13.6 Å². The first kappa shape index (κ1) is 17.8. The Morgan fingerprint density at radius 2 is 1.93 bits per heavy atom. The molecule has 2 aromatic carbocycles. The maximum Gasteiger partial charge on any atom is 0.227 e. The van der Waals surface area contributed by atoms with Crippen molar-refractivity contribution in [2.75, 3.05) is 13.2 Å². The highest BCUT2D eigenvalue weighted by Gasteiger charge is 2.64. The van der Waals surface area contributed by atoms with Gasteiger partial charge in [0.1, 0.15) is 0 Å². The van der Waals surface area contributed by atoms with E-state index in [1.165, 1.54) is 0 Å². The topological polar surface area (TPSA) is 32.8 Å². The maximum absolute atomic E-state index is 14.4. The number of carbonyl (C=O) groups is 1. The molecule has 3 aliphatic rings. The van der Waals surface area contributed by atoms with Crippen LogP contribution in [0.1, 0.15) is 35.6 Å². The first-order valence-electron chi connectivity index (χ1n) is 9.70. The summed E-state index contributed by atoms with van der Waals surface area (Å²) in [4.78, 5) is 16.9. The molecule has 1 amide bonds. The summed E-state index contributed by atoms with van der Waals surface area (Å²) in [6, 6.07) is 12.9. The largest absolute Gasteiger partial charge is 0.351 e. The van der Waals surface area contributed by atoms with Gasteiger partial charge in [0.05, 0.1) is 18.7 Å². The molecule has 4 nitrogen and oxygen atoms in total. The summed E-state index contributed by atoms with van der Waals surface area (Å²) in [6.07, 6.45) is 1.03. The Hall–Kier alpha value is -2.31. The summed E-state index contributed by atoms with van der Waals surface area (Å²) >= 11 is 0. The van der Waals surface area contributed by atoms with Gasteiger partial charge in [-0.2, -0.15) is 0 Å². The highest BCUT2D eigenvalue weighted by Crippen LogP contribution is 2.51. The summed E-state index contributed by atoms with van der Waals surface area (Å²) in [6.45, 7) is 2.98. The molecule has 0 bridgehead atoms. The molecule has 2 aromatic rings. The molecular formula is C22H22F2N2O2. The SMILES string of the molecule is Cc1ccc(CN2CC[C@@]34OC[C@@H](c5ccccc5)N3C(=O)C[C@@H]24)c(F)c1F. The second-order valence-corrected chi connectivity index (χ2v) is 7.96. The minimum Gasteiger partial charge on any atom is -0.351 e. The Morgan fingerprint density at radius 1 is 1.14 bits per heavy atom. The number of hydrogen-bond donors (Lipinski definition) is 0. The number of likely N-dealkylation sites (tertiary alicyclic amines) is 1. The number of nitrogens with zero attached hydrogens (tertiary/aromatic N) is 2. The third-order valence-electron chi connectivity index (χ3n) is 6.48. The Morgan fingerprint density at radius 3 is 2.71 bits per heavy atom. The Balaban J connectivity index is 1.43. The Kier molecular flexibility index (Phi) is 4.03. The standard InChI is InChI=1S/C22H22F2N2O2/c1-14-7-8-16(21(24)20(14)23)12-25-10-9-22-18(25)11-19(27)26(22)17(13-28-22)15-5-3-2-4-6-15/h2-8,17-18H,9-13H2,1H3/t17-,18+,22-/m0/s1. The average Bonchev–Trinajstić information content (AvgIpc) is 3.33. The first-order chi connectivity index (χ1) is 13.5. The number of halogens is 2. The minimum atomic E-state index is -0.795. The molecule has 5 rings (SSSR count). The van der Waals surface area contributed by atoms with E-state index in [1.54, 1.807) is 19.1 Å². The molecule has 0 N–H and O–H groups in total. The molecule has 6 heteroatoms. The molecule has 3 saturated heterocycles. The second-order valence-electron chi connectivity index (χ2n) is 7.96. The highest BCUT2D eigenvalue weighted by molar-refractivity contribution is 5.82. The van der Waals surface area contributed by atoms with E-state index < -0.39 is 17.4 Å². The van der Waals surface area contributed by atoms with Gasteiger partial charge in [0, 0.05) is 31.5 Å². The van der Waals surface area contributed by atoms with Gasteiger partial charge in [-0.3, -0.25) is 9.69 Å². The van der Waals surface area contributed by atoms with Crippen molar-refractivity contribution >= 4 is 5.91 Å². The molecule has 0 saturated carbocycles. The Labute approximate surface area is 162 Å². The van der Waals surface area contributed by atoms with Gasteiger partial charge in [-0.15, -0.1) is 0 Å². The molecule has 1 spiro atoms. The number of carbonyl (C=O) groups excluding carboxylic acids is 1. The summed E-state index contributed by atoms with van der Waals surface area (Å²) < 4.78 is 34.6. The van der Waals surface area contributed by atoms with Crippen molar-refractivity contribution in [1.82, 2.24) is 9.80 Å². The zero-order valence-corrected chi connectivity index (χ0v) is 15.7. The normalized spacial score (nSPS) is 29.4. The molecule has 3 fully saturated rings. The smallest absolute Gasteiger partial charge is 0.227 e. The predicted molar refractivity (Wildman–Crippen MR) is 99.2 cm³/mol. The Bertz CT molecular complexity index is 936. The lowest BCUT2D eigenvalue weighted by atomic mass is 10.0. The minimum absolute atomic E-state index is 0.0663. The molecule has 146 valence electrons. The van der Waals surface area contributed by atoms with Crippen molar-refractivity contribution in [3.63, 3.8) is 0 Å². The van der Waals surface area contributed by atoms with Crippen LogP contribution >= 0.6 is 0 Å². The lowest BCUT2D eigenvalue weighted by Gasteiger charge is -2.33. The zero-order chi connectivity index (χ0) is 19.5. The molecule has 0 unspecified atom stereocenters. The van der Waals surface area contributed by atoms with E-state index in [0.717, 1.165) is 5.56 Å². The fourth-order valence-corrected chi connectivity index (χ4v) is 5.07. The van der Waals surface area contributed by atoms with Crippen LogP contribution < -0.4 is 0 Å². The quantitative estimate of drug-likeness (QED) is 0.812. The molecular weight excluding hydrogens is 362 g/mol. The van der Waals surface area contributed by atoms with Crippen LogP contribution in [-0.2, 0) is 16.1 Å². The third-order valence-corrected chi connectivity index (χ3v) is 6.48. The van der Waals surface area contributed by atoms with Crippen molar-refractivity contribution in [3.05, 3.63) is 70.8 Å². The van der Waals surface area contributed by atoms with Crippen molar-refractivity contribution < 1.29 is 18.3 Å². The van der Waals surface area contributed by atoms with Gasteiger partial charge in [0.2, 0.25) is 5.91 Å². The van der Waals surface area contributed by atoms with Crippen molar-refractivity contribution in [1.29, 1.82) is 0 Å². The molecule has 0 aliphatic carbocycles. The third kappa shape index (κ3) is 2.44. The highest BCUT2D eigenvalue weighted by atomic mass is 19.2. The van der Waals surface area contributed by atoms with E-state index in [0.29, 0.717) is 37.1 Å². The summed E-state index contributed by atoms with van der Waals surface area (Å²) in [5.74, 6) is -1.52. The lowest BCUT2D eigenvalue weighted by molar-refractivity contribution is -0.138. The van der Waals surface area contributed by atoms with Gasteiger partial charge < -0.3 is 9.64 Å². The molecule has 3 aliphatic heterocycles. The second kappa shape index (κ2) is 6.36. The maximum atomic E-state index is 14.4. The molecule has 28 heavy (non-hydrogen) atoms. The number of aryl methyl sites for hydroxylation is 1. The monoisotopic (exact) mass is 384 g/mol. The first-order valence-corrected chi connectivity index (χ1v) is 9.70.